The van der Waals surface area contributed by atoms with Crippen LogP contribution in [0.5, 0.6) is 0 Å². The molecule has 1 fully saturated rings. The summed E-state index contributed by atoms with van der Waals surface area (Å²) in [5.74, 6) is 3.66. The van der Waals surface area contributed by atoms with E-state index in [1.54, 1.807) is 0 Å². The molecule has 1 heteroatoms. The van der Waals surface area contributed by atoms with E-state index in [2.05, 4.69) is 25.1 Å². The predicted molar refractivity (Wildman–Crippen MR) is 62.1 cm³/mol. The van der Waals surface area contributed by atoms with E-state index in [4.69, 9.17) is 6.42 Å². The van der Waals surface area contributed by atoms with Gasteiger partial charge in [0.15, 0.2) is 0 Å². The van der Waals surface area contributed by atoms with Crippen LogP contribution in [0.25, 0.3) is 0 Å². The highest BCUT2D eigenvalue weighted by molar-refractivity contribution is 5.00. The first-order chi connectivity index (χ1) is 6.77. The van der Waals surface area contributed by atoms with Gasteiger partial charge in [0.05, 0.1) is 6.04 Å². The fourth-order valence-electron chi connectivity index (χ4n) is 2.33. The Morgan fingerprint density at radius 2 is 2.14 bits per heavy atom. The van der Waals surface area contributed by atoms with Gasteiger partial charge in [0.2, 0.25) is 0 Å². The summed E-state index contributed by atoms with van der Waals surface area (Å²) >= 11 is 0. The van der Waals surface area contributed by atoms with Crippen molar-refractivity contribution in [2.45, 2.75) is 64.5 Å². The van der Waals surface area contributed by atoms with Crippen LogP contribution in [-0.4, -0.2) is 12.1 Å². The largest absolute Gasteiger partial charge is 0.301 e. The summed E-state index contributed by atoms with van der Waals surface area (Å²) in [6.45, 7) is 4.53. The smallest absolute Gasteiger partial charge is 0.0689 e. The van der Waals surface area contributed by atoms with E-state index < -0.39 is 0 Å². The number of nitrogens with one attached hydrogen (secondary N) is 1. The van der Waals surface area contributed by atoms with Crippen LogP contribution in [-0.2, 0) is 0 Å². The first kappa shape index (κ1) is 11.6. The lowest BCUT2D eigenvalue weighted by molar-refractivity contribution is 0.268. The molecular formula is C13H23N. The number of terminal acetylenes is 1. The summed E-state index contributed by atoms with van der Waals surface area (Å²) in [5.41, 5.74) is 0. The Morgan fingerprint density at radius 1 is 1.43 bits per heavy atom. The molecule has 0 spiro atoms. The van der Waals surface area contributed by atoms with E-state index in [-0.39, 0.29) is 0 Å². The fourth-order valence-corrected chi connectivity index (χ4v) is 2.33. The van der Waals surface area contributed by atoms with Gasteiger partial charge in [0.25, 0.3) is 0 Å². The molecule has 3 atom stereocenters. The van der Waals surface area contributed by atoms with Crippen molar-refractivity contribution in [2.24, 2.45) is 5.92 Å². The quantitative estimate of drug-likeness (QED) is 0.677. The maximum absolute atomic E-state index is 5.51. The number of hydrogen-bond acceptors (Lipinski definition) is 1. The summed E-state index contributed by atoms with van der Waals surface area (Å²) in [6.07, 6.45) is 13.2. The van der Waals surface area contributed by atoms with Crippen LogP contribution < -0.4 is 5.32 Å². The van der Waals surface area contributed by atoms with Gasteiger partial charge < -0.3 is 5.32 Å². The van der Waals surface area contributed by atoms with E-state index in [1.807, 2.05) is 0 Å². The van der Waals surface area contributed by atoms with E-state index in [0.29, 0.717) is 12.1 Å². The molecule has 0 aromatic rings. The first-order valence-corrected chi connectivity index (χ1v) is 6.00. The molecule has 0 aromatic carbocycles. The van der Waals surface area contributed by atoms with Crippen molar-refractivity contribution >= 4 is 0 Å². The molecule has 14 heavy (non-hydrogen) atoms. The Labute approximate surface area is 88.7 Å². The SMILES string of the molecule is C#CC(CCC)NC1CCCCC1C. The van der Waals surface area contributed by atoms with Gasteiger partial charge in [-0.05, 0) is 25.2 Å². The highest BCUT2D eigenvalue weighted by Gasteiger charge is 2.22. The molecule has 0 heterocycles. The van der Waals surface area contributed by atoms with Crippen molar-refractivity contribution in [3.63, 3.8) is 0 Å². The second-order valence-corrected chi connectivity index (χ2v) is 4.54. The molecule has 1 rings (SSSR count). The predicted octanol–water partition coefficient (Wildman–Crippen LogP) is 2.96. The molecule has 1 aliphatic carbocycles. The van der Waals surface area contributed by atoms with Gasteiger partial charge in [-0.1, -0.05) is 39.0 Å². The molecule has 1 nitrogen and oxygen atoms in total. The zero-order chi connectivity index (χ0) is 10.4. The molecule has 1 saturated carbocycles. The summed E-state index contributed by atoms with van der Waals surface area (Å²) in [6, 6.07) is 0.960. The minimum absolute atomic E-state index is 0.297. The summed E-state index contributed by atoms with van der Waals surface area (Å²) in [7, 11) is 0. The van der Waals surface area contributed by atoms with Gasteiger partial charge in [-0.2, -0.15) is 0 Å². The van der Waals surface area contributed by atoms with Crippen molar-refractivity contribution < 1.29 is 0 Å². The Kier molecular flexibility index (Phi) is 5.04. The lowest BCUT2D eigenvalue weighted by Crippen LogP contribution is -2.42. The highest BCUT2D eigenvalue weighted by Crippen LogP contribution is 2.24. The Morgan fingerprint density at radius 3 is 2.71 bits per heavy atom. The summed E-state index contributed by atoms with van der Waals surface area (Å²) in [4.78, 5) is 0. The average molecular weight is 193 g/mol. The molecule has 0 amide bonds. The Hall–Kier alpha value is -0.480. The molecule has 0 bridgehead atoms. The zero-order valence-electron chi connectivity index (χ0n) is 9.55. The lowest BCUT2D eigenvalue weighted by Gasteiger charge is -2.31. The van der Waals surface area contributed by atoms with Gasteiger partial charge in [-0.25, -0.2) is 0 Å². The van der Waals surface area contributed by atoms with E-state index >= 15 is 0 Å². The topological polar surface area (TPSA) is 12.0 Å². The molecule has 0 aromatic heterocycles. The monoisotopic (exact) mass is 193 g/mol. The molecule has 1 aliphatic rings. The van der Waals surface area contributed by atoms with Crippen LogP contribution in [0.3, 0.4) is 0 Å². The van der Waals surface area contributed by atoms with Crippen LogP contribution in [0, 0.1) is 18.3 Å². The van der Waals surface area contributed by atoms with Gasteiger partial charge in [0.1, 0.15) is 0 Å². The van der Waals surface area contributed by atoms with Crippen molar-refractivity contribution in [3.05, 3.63) is 0 Å². The third-order valence-electron chi connectivity index (χ3n) is 3.31. The molecule has 1 N–H and O–H groups in total. The molecule has 3 unspecified atom stereocenters. The fraction of sp³-hybridized carbons (Fsp3) is 0.846. The average Bonchev–Trinajstić information content (AvgIpc) is 2.20. The second kappa shape index (κ2) is 6.09. The molecule has 0 saturated heterocycles. The van der Waals surface area contributed by atoms with Crippen LogP contribution in [0.15, 0.2) is 0 Å². The Bertz CT molecular complexity index is 192. The molecule has 0 aliphatic heterocycles. The van der Waals surface area contributed by atoms with Crippen molar-refractivity contribution in [3.8, 4) is 12.3 Å². The normalized spacial score (nSPS) is 29.5. The van der Waals surface area contributed by atoms with Crippen molar-refractivity contribution in [1.82, 2.24) is 5.32 Å². The minimum atomic E-state index is 0.297. The molecule has 0 radical (unpaired) electrons. The van der Waals surface area contributed by atoms with Crippen LogP contribution in [0.2, 0.25) is 0 Å². The number of hydrogen-bond donors (Lipinski definition) is 1. The maximum atomic E-state index is 5.51. The van der Waals surface area contributed by atoms with Crippen molar-refractivity contribution in [1.29, 1.82) is 0 Å². The highest BCUT2D eigenvalue weighted by atomic mass is 15.0. The summed E-state index contributed by atoms with van der Waals surface area (Å²) < 4.78 is 0. The standard InChI is InChI=1S/C13H23N/c1-4-8-12(5-2)14-13-10-7-6-9-11(13)3/h2,11-14H,4,6-10H2,1,3H3. The van der Waals surface area contributed by atoms with Gasteiger partial charge >= 0.3 is 0 Å². The third kappa shape index (κ3) is 3.35. The summed E-state index contributed by atoms with van der Waals surface area (Å²) in [5, 5.41) is 3.62. The van der Waals surface area contributed by atoms with Gasteiger partial charge in [-0.15, -0.1) is 6.42 Å². The van der Waals surface area contributed by atoms with Gasteiger partial charge in [-0.3, -0.25) is 0 Å². The Balaban J connectivity index is 2.36. The maximum Gasteiger partial charge on any atom is 0.0689 e. The van der Waals surface area contributed by atoms with E-state index in [1.165, 1.54) is 32.1 Å². The van der Waals surface area contributed by atoms with E-state index in [0.717, 1.165) is 12.3 Å². The van der Waals surface area contributed by atoms with Gasteiger partial charge in [0, 0.05) is 6.04 Å². The number of rotatable bonds is 4. The van der Waals surface area contributed by atoms with Crippen LogP contribution >= 0.6 is 0 Å². The minimum Gasteiger partial charge on any atom is -0.301 e. The van der Waals surface area contributed by atoms with Crippen molar-refractivity contribution in [2.75, 3.05) is 0 Å². The third-order valence-corrected chi connectivity index (χ3v) is 3.31. The molecular weight excluding hydrogens is 170 g/mol. The van der Waals surface area contributed by atoms with Crippen LogP contribution in [0.1, 0.15) is 52.4 Å². The second-order valence-electron chi connectivity index (χ2n) is 4.54. The van der Waals surface area contributed by atoms with Crippen LogP contribution in [0.4, 0.5) is 0 Å². The zero-order valence-corrected chi connectivity index (χ0v) is 9.55. The van der Waals surface area contributed by atoms with E-state index in [9.17, 15) is 0 Å². The molecule has 80 valence electrons. The first-order valence-electron chi connectivity index (χ1n) is 6.00. The lowest BCUT2D eigenvalue weighted by atomic mass is 9.85.